The van der Waals surface area contributed by atoms with Crippen molar-refractivity contribution in [2.24, 2.45) is 0 Å². The molecule has 4 rings (SSSR count). The first-order valence-electron chi connectivity index (χ1n) is 8.54. The predicted octanol–water partition coefficient (Wildman–Crippen LogP) is 1.84. The summed E-state index contributed by atoms with van der Waals surface area (Å²) in [4.78, 5) is 23.7. The fourth-order valence-corrected chi connectivity index (χ4v) is 3.52. The third kappa shape index (κ3) is 3.00. The Morgan fingerprint density at radius 2 is 2.04 bits per heavy atom. The summed E-state index contributed by atoms with van der Waals surface area (Å²) >= 11 is 0. The lowest BCUT2D eigenvalue weighted by molar-refractivity contribution is 0.0599. The van der Waals surface area contributed by atoms with E-state index in [1.54, 1.807) is 0 Å². The molecule has 0 unspecified atom stereocenters. The minimum Gasteiger partial charge on any atom is -0.465 e. The summed E-state index contributed by atoms with van der Waals surface area (Å²) in [6, 6.07) is 1.84. The summed E-state index contributed by atoms with van der Waals surface area (Å²) in [6.45, 7) is 4.50. The van der Waals surface area contributed by atoms with Crippen molar-refractivity contribution < 1.29 is 18.7 Å². The quantitative estimate of drug-likeness (QED) is 0.770. The molecule has 0 radical (unpaired) electrons. The molecule has 2 aromatic heterocycles. The van der Waals surface area contributed by atoms with Gasteiger partial charge in [-0.15, -0.1) is 0 Å². The molecule has 0 spiro atoms. The highest BCUT2D eigenvalue weighted by atomic mass is 16.5. The molecule has 0 saturated carbocycles. The number of rotatable bonds is 2. The van der Waals surface area contributed by atoms with Crippen LogP contribution in [0.5, 0.6) is 0 Å². The average Bonchev–Trinajstić information content (AvgIpc) is 2.83. The second kappa shape index (κ2) is 6.48. The van der Waals surface area contributed by atoms with Gasteiger partial charge in [0.15, 0.2) is 5.89 Å². The van der Waals surface area contributed by atoms with Gasteiger partial charge in [-0.25, -0.2) is 14.8 Å². The van der Waals surface area contributed by atoms with E-state index in [9.17, 15) is 4.79 Å². The SMILES string of the molecule is COC(=O)c1cc(N2CCc3oc(C)nc3C2)nc2c1CCOCC2. The number of anilines is 1. The molecule has 0 saturated heterocycles. The Bertz CT molecular complexity index is 815. The molecule has 25 heavy (non-hydrogen) atoms. The molecule has 7 nitrogen and oxygen atoms in total. The Morgan fingerprint density at radius 3 is 2.88 bits per heavy atom. The van der Waals surface area contributed by atoms with Gasteiger partial charge in [0.1, 0.15) is 17.3 Å². The van der Waals surface area contributed by atoms with Crippen LogP contribution in [-0.2, 0) is 35.3 Å². The van der Waals surface area contributed by atoms with Crippen LogP contribution in [0.15, 0.2) is 10.5 Å². The molecule has 0 aliphatic carbocycles. The summed E-state index contributed by atoms with van der Waals surface area (Å²) in [5.74, 6) is 2.10. The van der Waals surface area contributed by atoms with E-state index in [-0.39, 0.29) is 5.97 Å². The molecule has 0 amide bonds. The molecule has 4 heterocycles. The minimum atomic E-state index is -0.322. The van der Waals surface area contributed by atoms with E-state index in [1.807, 2.05) is 13.0 Å². The van der Waals surface area contributed by atoms with Gasteiger partial charge in [0.05, 0.1) is 32.4 Å². The Balaban J connectivity index is 1.72. The van der Waals surface area contributed by atoms with E-state index >= 15 is 0 Å². The van der Waals surface area contributed by atoms with Crippen molar-refractivity contribution in [1.82, 2.24) is 9.97 Å². The van der Waals surface area contributed by atoms with Crippen molar-refractivity contribution in [3.05, 3.63) is 40.2 Å². The zero-order chi connectivity index (χ0) is 17.4. The first-order chi connectivity index (χ1) is 12.2. The van der Waals surface area contributed by atoms with Gasteiger partial charge in [-0.05, 0) is 18.1 Å². The molecule has 7 heteroatoms. The molecule has 2 aliphatic rings. The third-order valence-corrected chi connectivity index (χ3v) is 4.74. The van der Waals surface area contributed by atoms with E-state index in [2.05, 4.69) is 9.88 Å². The van der Waals surface area contributed by atoms with Gasteiger partial charge in [-0.3, -0.25) is 0 Å². The molecule has 0 bridgehead atoms. The van der Waals surface area contributed by atoms with Crippen molar-refractivity contribution in [2.45, 2.75) is 32.7 Å². The zero-order valence-electron chi connectivity index (χ0n) is 14.5. The lowest BCUT2D eigenvalue weighted by Crippen LogP contribution is -2.31. The number of methoxy groups -OCH3 is 1. The minimum absolute atomic E-state index is 0.322. The Hall–Kier alpha value is -2.41. The number of aryl methyl sites for hydroxylation is 1. The standard InChI is InChI=1S/C18H21N3O4/c1-11-19-15-10-21(6-3-16(15)25-11)17-9-13(18(22)23-2)12-4-7-24-8-5-14(12)20-17/h9H,3-8,10H2,1-2H3. The van der Waals surface area contributed by atoms with Crippen LogP contribution in [0, 0.1) is 6.92 Å². The van der Waals surface area contributed by atoms with E-state index in [0.29, 0.717) is 44.1 Å². The van der Waals surface area contributed by atoms with Gasteiger partial charge in [0.2, 0.25) is 0 Å². The van der Waals surface area contributed by atoms with Gasteiger partial charge in [-0.1, -0.05) is 0 Å². The van der Waals surface area contributed by atoms with E-state index in [1.165, 1.54) is 7.11 Å². The van der Waals surface area contributed by atoms with Gasteiger partial charge in [0, 0.05) is 32.0 Å². The number of oxazole rings is 1. The highest BCUT2D eigenvalue weighted by Gasteiger charge is 2.26. The van der Waals surface area contributed by atoms with E-state index in [0.717, 1.165) is 41.5 Å². The van der Waals surface area contributed by atoms with Crippen LogP contribution in [0.3, 0.4) is 0 Å². The molecular formula is C18H21N3O4. The topological polar surface area (TPSA) is 77.7 Å². The maximum absolute atomic E-state index is 12.3. The van der Waals surface area contributed by atoms with Crippen LogP contribution in [0.4, 0.5) is 5.82 Å². The van der Waals surface area contributed by atoms with Crippen molar-refractivity contribution in [3.8, 4) is 0 Å². The van der Waals surface area contributed by atoms with Crippen molar-refractivity contribution in [2.75, 3.05) is 31.8 Å². The van der Waals surface area contributed by atoms with Gasteiger partial charge >= 0.3 is 5.97 Å². The first kappa shape index (κ1) is 16.1. The van der Waals surface area contributed by atoms with Crippen molar-refractivity contribution in [3.63, 3.8) is 0 Å². The molecule has 2 aromatic rings. The lowest BCUT2D eigenvalue weighted by Gasteiger charge is -2.27. The van der Waals surface area contributed by atoms with Crippen LogP contribution < -0.4 is 4.90 Å². The number of carbonyl (C=O) groups excluding carboxylic acids is 1. The van der Waals surface area contributed by atoms with Crippen LogP contribution in [0.1, 0.15) is 39.0 Å². The number of pyridine rings is 1. The van der Waals surface area contributed by atoms with E-state index in [4.69, 9.17) is 18.9 Å². The number of fused-ring (bicyclic) bond motifs is 2. The highest BCUT2D eigenvalue weighted by molar-refractivity contribution is 5.92. The lowest BCUT2D eigenvalue weighted by atomic mass is 10.0. The largest absolute Gasteiger partial charge is 0.465 e. The molecule has 0 fully saturated rings. The van der Waals surface area contributed by atoms with E-state index < -0.39 is 0 Å². The average molecular weight is 343 g/mol. The third-order valence-electron chi connectivity index (χ3n) is 4.74. The summed E-state index contributed by atoms with van der Waals surface area (Å²) in [5, 5.41) is 0. The summed E-state index contributed by atoms with van der Waals surface area (Å²) in [5.41, 5.74) is 3.42. The molecule has 132 valence electrons. The highest BCUT2D eigenvalue weighted by Crippen LogP contribution is 2.28. The normalized spacial score (nSPS) is 16.8. The fourth-order valence-electron chi connectivity index (χ4n) is 3.52. The Morgan fingerprint density at radius 1 is 1.20 bits per heavy atom. The van der Waals surface area contributed by atoms with Crippen molar-refractivity contribution >= 4 is 11.8 Å². The fraction of sp³-hybridized carbons (Fsp3) is 0.500. The number of hydrogen-bond acceptors (Lipinski definition) is 7. The number of nitrogens with zero attached hydrogens (tertiary/aromatic N) is 3. The molecule has 0 aromatic carbocycles. The molecule has 2 aliphatic heterocycles. The molecule has 0 N–H and O–H groups in total. The van der Waals surface area contributed by atoms with Gasteiger partial charge in [0.25, 0.3) is 0 Å². The van der Waals surface area contributed by atoms with Crippen molar-refractivity contribution in [1.29, 1.82) is 0 Å². The number of esters is 1. The summed E-state index contributed by atoms with van der Waals surface area (Å²) in [7, 11) is 1.41. The van der Waals surface area contributed by atoms with Crippen LogP contribution in [0.2, 0.25) is 0 Å². The number of aromatic nitrogens is 2. The van der Waals surface area contributed by atoms with Crippen LogP contribution >= 0.6 is 0 Å². The Labute approximate surface area is 146 Å². The van der Waals surface area contributed by atoms with Crippen LogP contribution in [0.25, 0.3) is 0 Å². The van der Waals surface area contributed by atoms with Crippen LogP contribution in [-0.4, -0.2) is 42.8 Å². The summed E-state index contributed by atoms with van der Waals surface area (Å²) in [6.07, 6.45) is 2.17. The van der Waals surface area contributed by atoms with Gasteiger partial charge < -0.3 is 18.8 Å². The second-order valence-electron chi connectivity index (χ2n) is 6.33. The second-order valence-corrected chi connectivity index (χ2v) is 6.33. The monoisotopic (exact) mass is 343 g/mol. The molecule has 0 atom stereocenters. The predicted molar refractivity (Wildman–Crippen MR) is 89.8 cm³/mol. The number of hydrogen-bond donors (Lipinski definition) is 0. The number of ether oxygens (including phenoxy) is 2. The maximum Gasteiger partial charge on any atom is 0.338 e. The maximum atomic E-state index is 12.3. The first-order valence-corrected chi connectivity index (χ1v) is 8.54. The smallest absolute Gasteiger partial charge is 0.338 e. The summed E-state index contributed by atoms with van der Waals surface area (Å²) < 4.78 is 16.2. The number of carbonyl (C=O) groups is 1. The zero-order valence-corrected chi connectivity index (χ0v) is 14.5. The molecular weight excluding hydrogens is 322 g/mol. The van der Waals surface area contributed by atoms with Gasteiger partial charge in [-0.2, -0.15) is 0 Å². The Kier molecular flexibility index (Phi) is 4.17.